The van der Waals surface area contributed by atoms with Crippen LogP contribution in [0, 0.1) is 6.92 Å². The maximum atomic E-state index is 13.2. The van der Waals surface area contributed by atoms with Gasteiger partial charge in [0.1, 0.15) is 6.04 Å². The van der Waals surface area contributed by atoms with E-state index in [1.165, 1.54) is 0 Å². The fourth-order valence-electron chi connectivity index (χ4n) is 3.17. The van der Waals surface area contributed by atoms with Crippen molar-refractivity contribution in [2.75, 3.05) is 6.54 Å². The van der Waals surface area contributed by atoms with Crippen molar-refractivity contribution in [1.82, 2.24) is 10.2 Å². The van der Waals surface area contributed by atoms with Crippen molar-refractivity contribution >= 4 is 23.4 Å². The molecule has 0 saturated carbocycles. The van der Waals surface area contributed by atoms with E-state index < -0.39 is 6.04 Å². The van der Waals surface area contributed by atoms with Gasteiger partial charge in [0.25, 0.3) is 0 Å². The molecule has 0 aromatic heterocycles. The van der Waals surface area contributed by atoms with Gasteiger partial charge in [-0.2, -0.15) is 0 Å². The number of nitrogens with one attached hydrogen (secondary N) is 1. The predicted octanol–water partition coefficient (Wildman–Crippen LogP) is 4.52. The summed E-state index contributed by atoms with van der Waals surface area (Å²) in [6.45, 7) is 6.99. The third-order valence-corrected chi connectivity index (χ3v) is 4.89. The van der Waals surface area contributed by atoms with E-state index in [1.807, 2.05) is 51.1 Å². The summed E-state index contributed by atoms with van der Waals surface area (Å²) >= 11 is 5.95. The first-order valence-corrected chi connectivity index (χ1v) is 10.2. The molecule has 0 saturated heterocycles. The van der Waals surface area contributed by atoms with E-state index in [-0.39, 0.29) is 18.2 Å². The number of amides is 2. The van der Waals surface area contributed by atoms with Gasteiger partial charge in [0, 0.05) is 18.1 Å². The summed E-state index contributed by atoms with van der Waals surface area (Å²) in [5.41, 5.74) is 3.03. The second kappa shape index (κ2) is 10.9. The Bertz CT molecular complexity index is 789. The Kier molecular flexibility index (Phi) is 8.52. The first-order chi connectivity index (χ1) is 13.4. The van der Waals surface area contributed by atoms with Crippen molar-refractivity contribution in [2.45, 2.75) is 52.6 Å². The zero-order valence-electron chi connectivity index (χ0n) is 16.9. The van der Waals surface area contributed by atoms with Crippen LogP contribution in [-0.4, -0.2) is 29.3 Å². The Hall–Kier alpha value is -2.33. The van der Waals surface area contributed by atoms with Crippen molar-refractivity contribution in [3.8, 4) is 0 Å². The molecule has 0 radical (unpaired) electrons. The molecule has 0 aliphatic heterocycles. The van der Waals surface area contributed by atoms with Gasteiger partial charge in [-0.15, -0.1) is 0 Å². The van der Waals surface area contributed by atoms with Gasteiger partial charge in [0.05, 0.1) is 6.42 Å². The van der Waals surface area contributed by atoms with Gasteiger partial charge in [-0.05, 0) is 43.0 Å². The summed E-state index contributed by atoms with van der Waals surface area (Å²) < 4.78 is 0. The number of benzene rings is 2. The number of halogens is 1. The summed E-state index contributed by atoms with van der Waals surface area (Å²) in [4.78, 5) is 27.6. The van der Waals surface area contributed by atoms with E-state index in [0.29, 0.717) is 24.5 Å². The number of nitrogens with zero attached hydrogens (tertiary/aromatic N) is 1. The molecule has 1 atom stereocenters. The van der Waals surface area contributed by atoms with Crippen LogP contribution >= 0.6 is 11.6 Å². The van der Waals surface area contributed by atoms with E-state index in [1.54, 1.807) is 17.0 Å². The Balaban J connectivity index is 2.26. The molecule has 28 heavy (non-hydrogen) atoms. The molecular weight excluding hydrogens is 372 g/mol. The van der Waals surface area contributed by atoms with E-state index >= 15 is 0 Å². The second-order valence-corrected chi connectivity index (χ2v) is 7.47. The summed E-state index contributed by atoms with van der Waals surface area (Å²) in [5.74, 6) is -0.163. The fourth-order valence-corrected chi connectivity index (χ4v) is 3.30. The summed E-state index contributed by atoms with van der Waals surface area (Å²) in [6, 6.07) is 14.8. The van der Waals surface area contributed by atoms with Gasteiger partial charge in [0.15, 0.2) is 0 Å². The molecule has 0 heterocycles. The Morgan fingerprint density at radius 2 is 1.79 bits per heavy atom. The van der Waals surface area contributed by atoms with Crippen LogP contribution < -0.4 is 5.32 Å². The maximum absolute atomic E-state index is 13.2. The van der Waals surface area contributed by atoms with Gasteiger partial charge in [0.2, 0.25) is 11.8 Å². The van der Waals surface area contributed by atoms with Gasteiger partial charge >= 0.3 is 0 Å². The average molecular weight is 401 g/mol. The van der Waals surface area contributed by atoms with Crippen LogP contribution in [0.3, 0.4) is 0 Å². The smallest absolute Gasteiger partial charge is 0.242 e. The highest BCUT2D eigenvalue weighted by molar-refractivity contribution is 6.30. The standard InChI is InChI=1S/C23H29ClN2O2/c1-4-13-25-23(28)21(5-2)26(16-19-8-6-7-17(3)14-19)22(27)15-18-9-11-20(24)12-10-18/h6-12,14,21H,4-5,13,15-16H2,1-3H3,(H,25,28). The largest absolute Gasteiger partial charge is 0.354 e. The van der Waals surface area contributed by atoms with Gasteiger partial charge < -0.3 is 10.2 Å². The third-order valence-electron chi connectivity index (χ3n) is 4.64. The fraction of sp³-hybridized carbons (Fsp3) is 0.391. The molecule has 0 aliphatic carbocycles. The Morgan fingerprint density at radius 3 is 2.39 bits per heavy atom. The summed E-state index contributed by atoms with van der Waals surface area (Å²) in [6.07, 6.45) is 1.66. The molecule has 2 amide bonds. The molecule has 0 spiro atoms. The van der Waals surface area contributed by atoms with Crippen LogP contribution in [0.2, 0.25) is 5.02 Å². The molecule has 0 aliphatic rings. The number of carbonyl (C=O) groups is 2. The lowest BCUT2D eigenvalue weighted by molar-refractivity contribution is -0.140. The van der Waals surface area contributed by atoms with Crippen LogP contribution in [-0.2, 0) is 22.6 Å². The molecule has 0 bridgehead atoms. The molecule has 1 N–H and O–H groups in total. The summed E-state index contributed by atoms with van der Waals surface area (Å²) in [7, 11) is 0. The highest BCUT2D eigenvalue weighted by atomic mass is 35.5. The van der Waals surface area contributed by atoms with E-state index in [0.717, 1.165) is 23.1 Å². The molecule has 5 heteroatoms. The first kappa shape index (κ1) is 22.0. The zero-order chi connectivity index (χ0) is 20.5. The molecule has 2 aromatic carbocycles. The van der Waals surface area contributed by atoms with Crippen molar-refractivity contribution in [1.29, 1.82) is 0 Å². The Labute approximate surface area is 172 Å². The van der Waals surface area contributed by atoms with Crippen molar-refractivity contribution in [3.63, 3.8) is 0 Å². The van der Waals surface area contributed by atoms with Crippen LogP contribution in [0.5, 0.6) is 0 Å². The van der Waals surface area contributed by atoms with Crippen LogP contribution in [0.1, 0.15) is 43.4 Å². The monoisotopic (exact) mass is 400 g/mol. The number of carbonyl (C=O) groups excluding carboxylic acids is 2. The van der Waals surface area contributed by atoms with Crippen molar-refractivity contribution in [3.05, 3.63) is 70.2 Å². The van der Waals surface area contributed by atoms with Crippen molar-refractivity contribution < 1.29 is 9.59 Å². The highest BCUT2D eigenvalue weighted by Crippen LogP contribution is 2.17. The molecular formula is C23H29ClN2O2. The van der Waals surface area contributed by atoms with Gasteiger partial charge in [-0.25, -0.2) is 0 Å². The van der Waals surface area contributed by atoms with E-state index in [4.69, 9.17) is 11.6 Å². The third kappa shape index (κ3) is 6.38. The molecule has 4 nitrogen and oxygen atoms in total. The Morgan fingerprint density at radius 1 is 1.07 bits per heavy atom. The average Bonchev–Trinajstić information content (AvgIpc) is 2.68. The minimum atomic E-state index is -0.494. The lowest BCUT2D eigenvalue weighted by Gasteiger charge is -2.31. The molecule has 0 fully saturated rings. The molecule has 150 valence electrons. The molecule has 2 aromatic rings. The number of hydrogen-bond donors (Lipinski definition) is 1. The lowest BCUT2D eigenvalue weighted by atomic mass is 10.1. The minimum Gasteiger partial charge on any atom is -0.354 e. The SMILES string of the molecule is CCCNC(=O)C(CC)N(Cc1cccc(C)c1)C(=O)Cc1ccc(Cl)cc1. The number of hydrogen-bond acceptors (Lipinski definition) is 2. The predicted molar refractivity (Wildman–Crippen MR) is 114 cm³/mol. The molecule has 2 rings (SSSR count). The van der Waals surface area contributed by atoms with E-state index in [9.17, 15) is 9.59 Å². The van der Waals surface area contributed by atoms with Gasteiger partial charge in [-0.1, -0.05) is 67.4 Å². The van der Waals surface area contributed by atoms with Crippen LogP contribution in [0.15, 0.2) is 48.5 Å². The van der Waals surface area contributed by atoms with Crippen LogP contribution in [0.25, 0.3) is 0 Å². The van der Waals surface area contributed by atoms with Crippen molar-refractivity contribution in [2.24, 2.45) is 0 Å². The minimum absolute atomic E-state index is 0.0673. The van der Waals surface area contributed by atoms with E-state index in [2.05, 4.69) is 11.4 Å². The number of aryl methyl sites for hydroxylation is 1. The number of rotatable bonds is 9. The quantitative estimate of drug-likeness (QED) is 0.672. The first-order valence-electron chi connectivity index (χ1n) is 9.81. The van der Waals surface area contributed by atoms with Gasteiger partial charge in [-0.3, -0.25) is 9.59 Å². The maximum Gasteiger partial charge on any atom is 0.242 e. The second-order valence-electron chi connectivity index (χ2n) is 7.03. The topological polar surface area (TPSA) is 49.4 Å². The normalized spacial score (nSPS) is 11.7. The highest BCUT2D eigenvalue weighted by Gasteiger charge is 2.28. The molecule has 1 unspecified atom stereocenters. The summed E-state index contributed by atoms with van der Waals surface area (Å²) in [5, 5.41) is 3.57. The van der Waals surface area contributed by atoms with Crippen LogP contribution in [0.4, 0.5) is 0 Å². The lowest BCUT2D eigenvalue weighted by Crippen LogP contribution is -2.49. The zero-order valence-corrected chi connectivity index (χ0v) is 17.6.